The molecule has 1 nitrogen and oxygen atoms in total. The lowest BCUT2D eigenvalue weighted by Crippen LogP contribution is -2.00. The predicted octanol–water partition coefficient (Wildman–Crippen LogP) is 5.40. The molecular formula is C16H20ClN. The van der Waals surface area contributed by atoms with Crippen molar-refractivity contribution in [3.8, 4) is 0 Å². The van der Waals surface area contributed by atoms with Crippen LogP contribution in [-0.4, -0.2) is 0 Å². The molecule has 0 atom stereocenters. The molecule has 0 radical (unpaired) electrons. The molecule has 1 N–H and O–H groups in total. The minimum atomic E-state index is 0.770. The lowest BCUT2D eigenvalue weighted by molar-refractivity contribution is 1.30. The Hall–Kier alpha value is -1.47. The molecule has 0 spiro atoms. The Morgan fingerprint density at radius 1 is 1.22 bits per heavy atom. The third kappa shape index (κ3) is 3.78. The van der Waals surface area contributed by atoms with E-state index in [9.17, 15) is 0 Å². The summed E-state index contributed by atoms with van der Waals surface area (Å²) in [6.07, 6.45) is 2.00. The van der Waals surface area contributed by atoms with Crippen LogP contribution in [0.25, 0.3) is 0 Å². The molecule has 0 aromatic heterocycles. The fourth-order valence-electron chi connectivity index (χ4n) is 1.62. The summed E-state index contributed by atoms with van der Waals surface area (Å²) in [4.78, 5) is 0. The Morgan fingerprint density at radius 2 is 1.83 bits per heavy atom. The van der Waals surface area contributed by atoms with E-state index in [4.69, 9.17) is 11.6 Å². The molecule has 0 saturated heterocycles. The lowest BCUT2D eigenvalue weighted by Gasteiger charge is -2.13. The van der Waals surface area contributed by atoms with E-state index in [2.05, 4.69) is 24.5 Å². The van der Waals surface area contributed by atoms with E-state index in [1.54, 1.807) is 0 Å². The number of benzene rings is 1. The normalized spacial score (nSPS) is 11.3. The van der Waals surface area contributed by atoms with Crippen LogP contribution in [0.2, 0.25) is 5.02 Å². The summed E-state index contributed by atoms with van der Waals surface area (Å²) in [6, 6.07) is 3.99. The number of allylic oxidation sites excluding steroid dienone is 3. The summed E-state index contributed by atoms with van der Waals surface area (Å²) in [7, 11) is 0. The van der Waals surface area contributed by atoms with E-state index in [1.165, 1.54) is 5.56 Å². The van der Waals surface area contributed by atoms with Crippen LogP contribution >= 0.6 is 11.6 Å². The van der Waals surface area contributed by atoms with E-state index in [0.717, 1.165) is 33.1 Å². The second-order valence-corrected chi connectivity index (χ2v) is 5.08. The van der Waals surface area contributed by atoms with Crippen molar-refractivity contribution >= 4 is 17.3 Å². The van der Waals surface area contributed by atoms with Gasteiger partial charge in [-0.2, -0.15) is 0 Å². The molecule has 0 amide bonds. The van der Waals surface area contributed by atoms with E-state index in [-0.39, 0.29) is 0 Å². The fourth-order valence-corrected chi connectivity index (χ4v) is 1.88. The number of rotatable bonds is 4. The minimum absolute atomic E-state index is 0.770. The van der Waals surface area contributed by atoms with Gasteiger partial charge in [-0.3, -0.25) is 0 Å². The van der Waals surface area contributed by atoms with Crippen LogP contribution in [-0.2, 0) is 0 Å². The van der Waals surface area contributed by atoms with Crippen molar-refractivity contribution in [2.75, 3.05) is 5.32 Å². The lowest BCUT2D eigenvalue weighted by atomic mass is 10.1. The van der Waals surface area contributed by atoms with Crippen molar-refractivity contribution < 1.29 is 0 Å². The van der Waals surface area contributed by atoms with Crippen molar-refractivity contribution in [1.29, 1.82) is 0 Å². The quantitative estimate of drug-likeness (QED) is 0.715. The van der Waals surface area contributed by atoms with Crippen LogP contribution in [0.15, 0.2) is 48.2 Å². The highest BCUT2D eigenvalue weighted by Crippen LogP contribution is 2.25. The van der Waals surface area contributed by atoms with Gasteiger partial charge in [-0.15, -0.1) is 0 Å². The largest absolute Gasteiger partial charge is 0.356 e. The number of hydrogen-bond acceptors (Lipinski definition) is 1. The second-order valence-electron chi connectivity index (χ2n) is 4.68. The Bertz CT molecular complexity index is 501. The van der Waals surface area contributed by atoms with Crippen molar-refractivity contribution in [2.24, 2.45) is 0 Å². The maximum absolute atomic E-state index is 6.17. The average Bonchev–Trinajstić information content (AvgIpc) is 2.24. The van der Waals surface area contributed by atoms with E-state index in [1.807, 2.05) is 39.8 Å². The summed E-state index contributed by atoms with van der Waals surface area (Å²) in [5, 5.41) is 4.04. The predicted molar refractivity (Wildman–Crippen MR) is 82.3 cm³/mol. The molecule has 1 rings (SSSR count). The van der Waals surface area contributed by atoms with Crippen molar-refractivity contribution in [1.82, 2.24) is 0 Å². The molecule has 96 valence electrons. The Morgan fingerprint density at radius 3 is 2.33 bits per heavy atom. The van der Waals surface area contributed by atoms with Crippen LogP contribution in [0.4, 0.5) is 5.69 Å². The number of hydrogen-bond donors (Lipinski definition) is 1. The minimum Gasteiger partial charge on any atom is -0.356 e. The molecule has 1 aromatic rings. The molecule has 0 heterocycles. The van der Waals surface area contributed by atoms with Gasteiger partial charge in [0.1, 0.15) is 0 Å². The first-order valence-corrected chi connectivity index (χ1v) is 6.26. The molecule has 0 fully saturated rings. The standard InChI is InChI=1S/C16H20ClN/c1-10(2)7-12(4)14(6)18-15-8-11(3)13(5)16(17)9-15/h7-9,18H,1,6H2,2-5H3/b12-7+. The Labute approximate surface area is 115 Å². The molecule has 0 aliphatic heterocycles. The number of anilines is 1. The van der Waals surface area contributed by atoms with Gasteiger partial charge in [0.2, 0.25) is 0 Å². The van der Waals surface area contributed by atoms with Crippen LogP contribution in [0, 0.1) is 13.8 Å². The smallest absolute Gasteiger partial charge is 0.0458 e. The van der Waals surface area contributed by atoms with Gasteiger partial charge in [0, 0.05) is 16.4 Å². The first-order chi connectivity index (χ1) is 8.31. The Balaban J connectivity index is 2.92. The van der Waals surface area contributed by atoms with Gasteiger partial charge >= 0.3 is 0 Å². The zero-order valence-corrected chi connectivity index (χ0v) is 12.3. The molecule has 1 aromatic carbocycles. The first-order valence-electron chi connectivity index (χ1n) is 5.88. The second kappa shape index (κ2) is 5.92. The molecule has 2 heteroatoms. The zero-order valence-electron chi connectivity index (χ0n) is 11.5. The van der Waals surface area contributed by atoms with Crippen LogP contribution in [0.5, 0.6) is 0 Å². The molecule has 0 aliphatic rings. The summed E-state index contributed by atoms with van der Waals surface area (Å²) >= 11 is 6.17. The number of halogens is 1. The number of aryl methyl sites for hydroxylation is 1. The van der Waals surface area contributed by atoms with Gasteiger partial charge in [0.05, 0.1) is 0 Å². The number of nitrogens with one attached hydrogen (secondary N) is 1. The summed E-state index contributed by atoms with van der Waals surface area (Å²) in [6.45, 7) is 15.9. The van der Waals surface area contributed by atoms with Crippen molar-refractivity contribution in [2.45, 2.75) is 27.7 Å². The van der Waals surface area contributed by atoms with E-state index < -0.39 is 0 Å². The van der Waals surface area contributed by atoms with Gasteiger partial charge < -0.3 is 5.32 Å². The molecular weight excluding hydrogens is 242 g/mol. The maximum Gasteiger partial charge on any atom is 0.0458 e. The van der Waals surface area contributed by atoms with Crippen molar-refractivity contribution in [3.63, 3.8) is 0 Å². The summed E-state index contributed by atoms with van der Waals surface area (Å²) < 4.78 is 0. The van der Waals surface area contributed by atoms with Gasteiger partial charge in [0.15, 0.2) is 0 Å². The Kier molecular flexibility index (Phi) is 4.80. The van der Waals surface area contributed by atoms with Crippen LogP contribution < -0.4 is 5.32 Å². The molecule has 18 heavy (non-hydrogen) atoms. The topological polar surface area (TPSA) is 12.0 Å². The van der Waals surface area contributed by atoms with Gasteiger partial charge in [-0.1, -0.05) is 36.4 Å². The zero-order chi connectivity index (χ0) is 13.9. The van der Waals surface area contributed by atoms with Crippen molar-refractivity contribution in [3.05, 3.63) is 64.4 Å². The molecule has 0 bridgehead atoms. The molecule has 0 saturated carbocycles. The third-order valence-electron chi connectivity index (χ3n) is 2.84. The van der Waals surface area contributed by atoms with E-state index >= 15 is 0 Å². The molecule has 0 unspecified atom stereocenters. The van der Waals surface area contributed by atoms with Crippen LogP contribution in [0.1, 0.15) is 25.0 Å². The highest BCUT2D eigenvalue weighted by atomic mass is 35.5. The highest BCUT2D eigenvalue weighted by molar-refractivity contribution is 6.31. The fraction of sp³-hybridized carbons (Fsp3) is 0.250. The van der Waals surface area contributed by atoms with Gasteiger partial charge in [0.25, 0.3) is 0 Å². The average molecular weight is 262 g/mol. The summed E-state index contributed by atoms with van der Waals surface area (Å²) in [5.41, 5.74) is 6.17. The SMILES string of the molecule is C=C(C)/C=C(\C)C(=C)Nc1cc(C)c(C)c(Cl)c1. The van der Waals surface area contributed by atoms with E-state index in [0.29, 0.717) is 0 Å². The first kappa shape index (κ1) is 14.6. The van der Waals surface area contributed by atoms with Crippen LogP contribution in [0.3, 0.4) is 0 Å². The monoisotopic (exact) mass is 261 g/mol. The third-order valence-corrected chi connectivity index (χ3v) is 3.23. The van der Waals surface area contributed by atoms with Gasteiger partial charge in [-0.05, 0) is 56.5 Å². The maximum atomic E-state index is 6.17. The highest BCUT2D eigenvalue weighted by Gasteiger charge is 2.04. The molecule has 0 aliphatic carbocycles. The summed E-state index contributed by atoms with van der Waals surface area (Å²) in [5.74, 6) is 0. The van der Waals surface area contributed by atoms with Gasteiger partial charge in [-0.25, -0.2) is 0 Å².